The second-order valence-electron chi connectivity index (χ2n) is 14.9. The standard InChI is InChI=1S/C31H59N3O4/c1-11-12-13-14-15-16-17-18-19-20-37-34-28(6,7)23-31(24-29(34,8)9)32-25(35)30(38-31)21-26(2,3)33(36-10)27(4,5)22-30/h11-24H2,1-10H3,(H,32,35). The van der Waals surface area contributed by atoms with Gasteiger partial charge in [0.1, 0.15) is 5.72 Å². The molecule has 38 heavy (non-hydrogen) atoms. The van der Waals surface area contributed by atoms with E-state index in [4.69, 9.17) is 14.4 Å². The quantitative estimate of drug-likeness (QED) is 0.273. The van der Waals surface area contributed by atoms with E-state index in [1.165, 1.54) is 51.4 Å². The third-order valence-corrected chi connectivity index (χ3v) is 8.87. The maximum Gasteiger partial charge on any atom is 0.254 e. The Kier molecular flexibility index (Phi) is 9.74. The van der Waals surface area contributed by atoms with Crippen molar-refractivity contribution >= 4 is 5.91 Å². The predicted octanol–water partition coefficient (Wildman–Crippen LogP) is 6.90. The van der Waals surface area contributed by atoms with Gasteiger partial charge in [-0.05, 0) is 61.8 Å². The van der Waals surface area contributed by atoms with Gasteiger partial charge in [0.15, 0.2) is 5.60 Å². The number of hydrogen-bond donors (Lipinski definition) is 1. The van der Waals surface area contributed by atoms with E-state index >= 15 is 0 Å². The smallest absolute Gasteiger partial charge is 0.254 e. The van der Waals surface area contributed by atoms with Gasteiger partial charge in [0, 0.05) is 47.8 Å². The molecular formula is C31H59N3O4. The molecule has 3 heterocycles. The monoisotopic (exact) mass is 537 g/mol. The first kappa shape index (κ1) is 31.8. The lowest BCUT2D eigenvalue weighted by molar-refractivity contribution is -0.328. The van der Waals surface area contributed by atoms with Crippen LogP contribution in [0.5, 0.6) is 0 Å². The fourth-order valence-electron chi connectivity index (χ4n) is 8.42. The number of piperidine rings is 2. The van der Waals surface area contributed by atoms with Gasteiger partial charge in [-0.2, -0.15) is 10.1 Å². The zero-order valence-corrected chi connectivity index (χ0v) is 26.4. The molecule has 0 atom stereocenters. The molecule has 0 aromatic carbocycles. The van der Waals surface area contributed by atoms with Crippen molar-refractivity contribution in [3.63, 3.8) is 0 Å². The summed E-state index contributed by atoms with van der Waals surface area (Å²) in [6, 6.07) is 0. The van der Waals surface area contributed by atoms with E-state index in [0.717, 1.165) is 13.0 Å². The van der Waals surface area contributed by atoms with Gasteiger partial charge < -0.3 is 14.9 Å². The Morgan fingerprint density at radius 2 is 1.16 bits per heavy atom. The van der Waals surface area contributed by atoms with Gasteiger partial charge in [0.25, 0.3) is 5.91 Å². The molecule has 3 saturated heterocycles. The first-order valence-corrected chi connectivity index (χ1v) is 15.4. The minimum atomic E-state index is -0.867. The van der Waals surface area contributed by atoms with Crippen LogP contribution in [0, 0.1) is 0 Å². The van der Waals surface area contributed by atoms with E-state index in [9.17, 15) is 4.79 Å². The Hall–Kier alpha value is -0.730. The molecule has 0 saturated carbocycles. The SMILES string of the molecule is CCCCCCCCCCCON1C(C)(C)CC2(CC1(C)C)NC(=O)C1(CC(C)(C)N(OC)C(C)(C)C1)O2. The van der Waals surface area contributed by atoms with Crippen LogP contribution in [-0.2, 0) is 19.2 Å². The fourth-order valence-corrected chi connectivity index (χ4v) is 8.42. The molecule has 3 fully saturated rings. The van der Waals surface area contributed by atoms with Crippen molar-refractivity contribution in [1.29, 1.82) is 0 Å². The highest BCUT2D eigenvalue weighted by atomic mass is 16.7. The van der Waals surface area contributed by atoms with Crippen molar-refractivity contribution in [2.24, 2.45) is 0 Å². The second kappa shape index (κ2) is 11.6. The summed E-state index contributed by atoms with van der Waals surface area (Å²) < 4.78 is 6.99. The molecule has 0 aromatic rings. The van der Waals surface area contributed by atoms with Crippen LogP contribution in [-0.4, -0.2) is 63.2 Å². The Balaban J connectivity index is 1.61. The topological polar surface area (TPSA) is 63.3 Å². The van der Waals surface area contributed by atoms with Crippen LogP contribution in [0.1, 0.15) is 146 Å². The summed E-state index contributed by atoms with van der Waals surface area (Å²) in [4.78, 5) is 26.0. The maximum absolute atomic E-state index is 13.7. The molecule has 1 N–H and O–H groups in total. The number of rotatable bonds is 12. The van der Waals surface area contributed by atoms with E-state index in [-0.39, 0.29) is 28.1 Å². The minimum Gasteiger partial charge on any atom is -0.339 e. The third-order valence-electron chi connectivity index (χ3n) is 8.87. The number of amides is 1. The highest BCUT2D eigenvalue weighted by Gasteiger charge is 2.67. The lowest BCUT2D eigenvalue weighted by atomic mass is 9.72. The highest BCUT2D eigenvalue weighted by Crippen LogP contribution is 2.54. The molecule has 0 aromatic heterocycles. The number of ether oxygens (including phenoxy) is 1. The summed E-state index contributed by atoms with van der Waals surface area (Å²) >= 11 is 0. The number of carbonyl (C=O) groups is 1. The van der Waals surface area contributed by atoms with Crippen molar-refractivity contribution < 1.29 is 19.2 Å². The van der Waals surface area contributed by atoms with Crippen molar-refractivity contribution in [3.05, 3.63) is 0 Å². The molecule has 3 aliphatic rings. The molecule has 1 amide bonds. The largest absolute Gasteiger partial charge is 0.339 e. The summed E-state index contributed by atoms with van der Waals surface area (Å²) in [5.74, 6) is 0.0186. The van der Waals surface area contributed by atoms with Crippen LogP contribution < -0.4 is 5.32 Å². The minimum absolute atomic E-state index is 0.0186. The fraction of sp³-hybridized carbons (Fsp3) is 0.968. The molecular weight excluding hydrogens is 478 g/mol. The average molecular weight is 538 g/mol. The molecule has 0 bridgehead atoms. The van der Waals surface area contributed by atoms with E-state index < -0.39 is 11.3 Å². The number of carbonyl (C=O) groups excluding carboxylic acids is 1. The van der Waals surface area contributed by atoms with Crippen molar-refractivity contribution in [2.45, 2.75) is 179 Å². The molecule has 2 spiro atoms. The molecule has 3 aliphatic heterocycles. The van der Waals surface area contributed by atoms with Crippen LogP contribution in [0.25, 0.3) is 0 Å². The highest BCUT2D eigenvalue weighted by molar-refractivity contribution is 5.88. The van der Waals surface area contributed by atoms with Crippen molar-refractivity contribution in [1.82, 2.24) is 15.4 Å². The Morgan fingerprint density at radius 1 is 0.711 bits per heavy atom. The van der Waals surface area contributed by atoms with Crippen molar-refractivity contribution in [3.8, 4) is 0 Å². The zero-order chi connectivity index (χ0) is 28.5. The Labute approximate surface area is 233 Å². The Morgan fingerprint density at radius 3 is 1.63 bits per heavy atom. The lowest BCUT2D eigenvalue weighted by Gasteiger charge is -2.58. The van der Waals surface area contributed by atoms with Crippen LogP contribution in [0.3, 0.4) is 0 Å². The van der Waals surface area contributed by atoms with Gasteiger partial charge in [-0.1, -0.05) is 58.3 Å². The molecule has 0 aliphatic carbocycles. The Bertz CT molecular complexity index is 771. The van der Waals surface area contributed by atoms with Crippen LogP contribution in [0.15, 0.2) is 0 Å². The van der Waals surface area contributed by atoms with E-state index in [1.54, 1.807) is 7.11 Å². The number of hydrogen-bond acceptors (Lipinski definition) is 6. The van der Waals surface area contributed by atoms with E-state index in [0.29, 0.717) is 25.7 Å². The number of unbranched alkanes of at least 4 members (excludes halogenated alkanes) is 8. The summed E-state index contributed by atoms with van der Waals surface area (Å²) in [6.45, 7) is 20.4. The molecule has 0 radical (unpaired) electrons. The van der Waals surface area contributed by atoms with Crippen LogP contribution >= 0.6 is 0 Å². The molecule has 7 nitrogen and oxygen atoms in total. The second-order valence-corrected chi connectivity index (χ2v) is 14.9. The maximum atomic E-state index is 13.7. The molecule has 3 rings (SSSR count). The molecule has 7 heteroatoms. The summed E-state index contributed by atoms with van der Waals surface area (Å²) in [7, 11) is 1.72. The van der Waals surface area contributed by atoms with Gasteiger partial charge >= 0.3 is 0 Å². The van der Waals surface area contributed by atoms with Crippen molar-refractivity contribution in [2.75, 3.05) is 13.7 Å². The van der Waals surface area contributed by atoms with Gasteiger partial charge in [-0.15, -0.1) is 0 Å². The average Bonchev–Trinajstić information content (AvgIpc) is 2.96. The molecule has 222 valence electrons. The number of nitrogens with zero attached hydrogens (tertiary/aromatic N) is 2. The van der Waals surface area contributed by atoms with Gasteiger partial charge in [-0.3, -0.25) is 9.63 Å². The molecule has 0 unspecified atom stereocenters. The third kappa shape index (κ3) is 6.76. The number of nitrogens with one attached hydrogen (secondary N) is 1. The van der Waals surface area contributed by atoms with E-state index in [1.807, 2.05) is 5.06 Å². The first-order valence-electron chi connectivity index (χ1n) is 15.4. The normalized spacial score (nSPS) is 27.2. The first-order chi connectivity index (χ1) is 17.5. The van der Waals surface area contributed by atoms with E-state index in [2.05, 4.69) is 72.7 Å². The lowest BCUT2D eigenvalue weighted by Crippen LogP contribution is -2.68. The van der Waals surface area contributed by atoms with Crippen LogP contribution in [0.2, 0.25) is 0 Å². The number of hydroxylamine groups is 4. The summed E-state index contributed by atoms with van der Waals surface area (Å²) in [6.07, 6.45) is 14.3. The summed E-state index contributed by atoms with van der Waals surface area (Å²) in [5, 5.41) is 7.60. The van der Waals surface area contributed by atoms with Gasteiger partial charge in [0.05, 0.1) is 13.7 Å². The predicted molar refractivity (Wildman–Crippen MR) is 153 cm³/mol. The van der Waals surface area contributed by atoms with Crippen LogP contribution in [0.4, 0.5) is 0 Å². The van der Waals surface area contributed by atoms with Gasteiger partial charge in [-0.25, -0.2) is 0 Å². The van der Waals surface area contributed by atoms with Gasteiger partial charge in [0.2, 0.25) is 0 Å². The summed E-state index contributed by atoms with van der Waals surface area (Å²) in [5.41, 5.74) is -2.85. The zero-order valence-electron chi connectivity index (χ0n) is 26.4.